The Morgan fingerprint density at radius 1 is 0.920 bits per heavy atom. The molecule has 0 spiro atoms. The Labute approximate surface area is 156 Å². The van der Waals surface area contributed by atoms with Crippen molar-refractivity contribution in [3.63, 3.8) is 0 Å². The van der Waals surface area contributed by atoms with Crippen LogP contribution in [0.4, 0.5) is 11.4 Å². The molecule has 2 aromatic carbocycles. The van der Waals surface area contributed by atoms with Crippen LogP contribution in [0.1, 0.15) is 17.5 Å². The van der Waals surface area contributed by atoms with E-state index in [1.54, 1.807) is 18.2 Å². The zero-order valence-corrected chi connectivity index (χ0v) is 15.4. The van der Waals surface area contributed by atoms with Crippen LogP contribution in [-0.2, 0) is 9.59 Å². The Hall–Kier alpha value is -2.04. The highest BCUT2D eigenvalue weighted by Gasteiger charge is 2.48. The maximum atomic E-state index is 12.4. The molecule has 3 rings (SSSR count). The number of para-hydroxylation sites is 1. The summed E-state index contributed by atoms with van der Waals surface area (Å²) in [6.45, 7) is 3.89. The number of anilines is 2. The van der Waals surface area contributed by atoms with Crippen molar-refractivity contribution in [3.05, 3.63) is 57.6 Å². The predicted molar refractivity (Wildman–Crippen MR) is 101 cm³/mol. The Balaban J connectivity index is 1.62. The van der Waals surface area contributed by atoms with Crippen molar-refractivity contribution in [2.24, 2.45) is 11.8 Å². The average Bonchev–Trinajstić information content (AvgIpc) is 3.30. The maximum absolute atomic E-state index is 12.4. The molecular formula is C19H18Cl2N2O2. The van der Waals surface area contributed by atoms with Crippen LogP contribution < -0.4 is 10.6 Å². The summed E-state index contributed by atoms with van der Waals surface area (Å²) in [7, 11) is 0. The van der Waals surface area contributed by atoms with Gasteiger partial charge in [0.25, 0.3) is 0 Å². The fraction of sp³-hybridized carbons (Fsp3) is 0.263. The molecule has 2 atom stereocenters. The summed E-state index contributed by atoms with van der Waals surface area (Å²) in [5.41, 5.74) is 3.36. The molecule has 4 nitrogen and oxygen atoms in total. The van der Waals surface area contributed by atoms with Gasteiger partial charge in [0.2, 0.25) is 11.8 Å². The number of hydrogen-bond acceptors (Lipinski definition) is 2. The zero-order chi connectivity index (χ0) is 18.1. The second-order valence-electron chi connectivity index (χ2n) is 6.35. The van der Waals surface area contributed by atoms with E-state index in [-0.39, 0.29) is 23.7 Å². The summed E-state index contributed by atoms with van der Waals surface area (Å²) in [6.07, 6.45) is 0.539. The lowest BCUT2D eigenvalue weighted by Crippen LogP contribution is -2.21. The minimum absolute atomic E-state index is 0.123. The molecule has 130 valence electrons. The quantitative estimate of drug-likeness (QED) is 0.802. The summed E-state index contributed by atoms with van der Waals surface area (Å²) in [5, 5.41) is 6.61. The highest BCUT2D eigenvalue weighted by atomic mass is 35.5. The van der Waals surface area contributed by atoms with Crippen molar-refractivity contribution in [1.82, 2.24) is 0 Å². The second-order valence-corrected chi connectivity index (χ2v) is 7.22. The molecule has 2 unspecified atom stereocenters. The Bertz CT molecular complexity index is 811. The molecule has 0 saturated heterocycles. The molecule has 0 bridgehead atoms. The Kier molecular flexibility index (Phi) is 5.02. The predicted octanol–water partition coefficient (Wildman–Crippen LogP) is 4.82. The Morgan fingerprint density at radius 2 is 1.44 bits per heavy atom. The Morgan fingerprint density at radius 3 is 2.00 bits per heavy atom. The van der Waals surface area contributed by atoms with Gasteiger partial charge in [-0.25, -0.2) is 0 Å². The van der Waals surface area contributed by atoms with Crippen LogP contribution in [0.25, 0.3) is 0 Å². The van der Waals surface area contributed by atoms with Gasteiger partial charge < -0.3 is 10.6 Å². The highest BCUT2D eigenvalue weighted by molar-refractivity contribution is 6.35. The molecule has 2 N–H and O–H groups in total. The number of nitrogens with one attached hydrogen (secondary N) is 2. The van der Waals surface area contributed by atoms with Crippen LogP contribution in [-0.4, -0.2) is 11.8 Å². The summed E-state index contributed by atoms with van der Waals surface area (Å²) in [6, 6.07) is 10.7. The fourth-order valence-electron chi connectivity index (χ4n) is 2.86. The van der Waals surface area contributed by atoms with E-state index in [0.29, 0.717) is 22.2 Å². The van der Waals surface area contributed by atoms with Crippen LogP contribution in [0.3, 0.4) is 0 Å². The SMILES string of the molecule is Cc1cccc(C)c1NC(=O)C1CC1C(=O)Nc1cc(Cl)cc(Cl)c1. The topological polar surface area (TPSA) is 58.2 Å². The first kappa shape index (κ1) is 17.8. The summed E-state index contributed by atoms with van der Waals surface area (Å²) < 4.78 is 0. The number of hydrogen-bond donors (Lipinski definition) is 2. The van der Waals surface area contributed by atoms with Crippen molar-refractivity contribution in [2.75, 3.05) is 10.6 Å². The molecule has 1 aliphatic carbocycles. The third-order valence-corrected chi connectivity index (χ3v) is 4.76. The van der Waals surface area contributed by atoms with Gasteiger partial charge in [-0.15, -0.1) is 0 Å². The van der Waals surface area contributed by atoms with Crippen molar-refractivity contribution >= 4 is 46.4 Å². The van der Waals surface area contributed by atoms with Gasteiger partial charge in [-0.3, -0.25) is 9.59 Å². The van der Waals surface area contributed by atoms with Gasteiger partial charge in [0.15, 0.2) is 0 Å². The van der Waals surface area contributed by atoms with Gasteiger partial charge in [0.05, 0.1) is 11.8 Å². The van der Waals surface area contributed by atoms with Gasteiger partial charge in [0, 0.05) is 21.4 Å². The van der Waals surface area contributed by atoms with Gasteiger partial charge in [0.1, 0.15) is 0 Å². The van der Waals surface area contributed by atoms with Gasteiger partial charge in [-0.05, 0) is 49.6 Å². The van der Waals surface area contributed by atoms with Gasteiger partial charge >= 0.3 is 0 Å². The summed E-state index contributed by atoms with van der Waals surface area (Å²) in [4.78, 5) is 24.7. The molecule has 25 heavy (non-hydrogen) atoms. The van der Waals surface area contributed by atoms with Crippen molar-refractivity contribution in [2.45, 2.75) is 20.3 Å². The van der Waals surface area contributed by atoms with Crippen LogP contribution in [0, 0.1) is 25.7 Å². The lowest BCUT2D eigenvalue weighted by Gasteiger charge is -2.11. The van der Waals surface area contributed by atoms with Crippen LogP contribution in [0.5, 0.6) is 0 Å². The molecule has 0 heterocycles. The van der Waals surface area contributed by atoms with E-state index in [1.165, 1.54) is 0 Å². The number of carbonyl (C=O) groups is 2. The monoisotopic (exact) mass is 376 g/mol. The third-order valence-electron chi connectivity index (χ3n) is 4.32. The molecule has 6 heteroatoms. The van der Waals surface area contributed by atoms with Crippen molar-refractivity contribution < 1.29 is 9.59 Å². The van der Waals surface area contributed by atoms with E-state index < -0.39 is 0 Å². The van der Waals surface area contributed by atoms with Crippen molar-refractivity contribution in [3.8, 4) is 0 Å². The van der Waals surface area contributed by atoms with E-state index in [0.717, 1.165) is 16.8 Å². The van der Waals surface area contributed by atoms with Gasteiger partial charge in [-0.1, -0.05) is 41.4 Å². The fourth-order valence-corrected chi connectivity index (χ4v) is 3.39. The zero-order valence-electron chi connectivity index (χ0n) is 13.9. The third kappa shape index (κ3) is 4.14. The van der Waals surface area contributed by atoms with Crippen molar-refractivity contribution in [1.29, 1.82) is 0 Å². The maximum Gasteiger partial charge on any atom is 0.228 e. The number of benzene rings is 2. The number of halogens is 2. The van der Waals surface area contributed by atoms with E-state index in [1.807, 2.05) is 32.0 Å². The van der Waals surface area contributed by atoms with E-state index in [2.05, 4.69) is 10.6 Å². The lowest BCUT2D eigenvalue weighted by atomic mass is 10.1. The molecule has 0 aromatic heterocycles. The largest absolute Gasteiger partial charge is 0.326 e. The minimum Gasteiger partial charge on any atom is -0.326 e. The highest BCUT2D eigenvalue weighted by Crippen LogP contribution is 2.41. The lowest BCUT2D eigenvalue weighted by molar-refractivity contribution is -0.122. The van der Waals surface area contributed by atoms with Crippen LogP contribution >= 0.6 is 23.2 Å². The summed E-state index contributed by atoms with van der Waals surface area (Å²) >= 11 is 11.9. The van der Waals surface area contributed by atoms with E-state index in [4.69, 9.17) is 23.2 Å². The number of rotatable bonds is 4. The van der Waals surface area contributed by atoms with Crippen LogP contribution in [0.2, 0.25) is 10.0 Å². The molecule has 1 saturated carbocycles. The van der Waals surface area contributed by atoms with E-state index >= 15 is 0 Å². The summed E-state index contributed by atoms with van der Waals surface area (Å²) in [5.74, 6) is -0.961. The molecule has 0 radical (unpaired) electrons. The molecule has 1 fully saturated rings. The first-order chi connectivity index (χ1) is 11.8. The van der Waals surface area contributed by atoms with Crippen LogP contribution in [0.15, 0.2) is 36.4 Å². The molecule has 2 amide bonds. The number of amides is 2. The first-order valence-electron chi connectivity index (χ1n) is 7.99. The van der Waals surface area contributed by atoms with E-state index in [9.17, 15) is 9.59 Å². The number of aryl methyl sites for hydroxylation is 2. The average molecular weight is 377 g/mol. The first-order valence-corrected chi connectivity index (χ1v) is 8.75. The molecule has 2 aromatic rings. The minimum atomic E-state index is -0.331. The molecule has 1 aliphatic rings. The standard InChI is InChI=1S/C19H18Cl2N2O2/c1-10-4-3-5-11(2)17(10)23-19(25)16-9-15(16)18(24)22-14-7-12(20)6-13(21)8-14/h3-8,15-16H,9H2,1-2H3,(H,22,24)(H,23,25). The molecule has 0 aliphatic heterocycles. The normalized spacial score (nSPS) is 18.6. The second kappa shape index (κ2) is 7.06. The van der Waals surface area contributed by atoms with Gasteiger partial charge in [-0.2, -0.15) is 0 Å². The number of carbonyl (C=O) groups excluding carboxylic acids is 2. The smallest absolute Gasteiger partial charge is 0.228 e. The molecular weight excluding hydrogens is 359 g/mol.